The summed E-state index contributed by atoms with van der Waals surface area (Å²) in [5, 5.41) is 4.26. The zero-order valence-corrected chi connectivity index (χ0v) is 15.1. The maximum Gasteiger partial charge on any atom is 0.254 e. The minimum absolute atomic E-state index is 0.0764. The quantitative estimate of drug-likeness (QED) is 0.658. The number of rotatable bonds is 5. The summed E-state index contributed by atoms with van der Waals surface area (Å²) in [5.41, 5.74) is 2.73. The van der Waals surface area contributed by atoms with E-state index < -0.39 is 0 Å². The molecule has 0 N–H and O–H groups in total. The zero-order chi connectivity index (χ0) is 17.2. The van der Waals surface area contributed by atoms with E-state index in [1.165, 1.54) is 0 Å². The molecule has 25 heavy (non-hydrogen) atoms. The summed E-state index contributed by atoms with van der Waals surface area (Å²) in [6.07, 6.45) is 9.32. The first-order valence-corrected chi connectivity index (χ1v) is 9.00. The van der Waals surface area contributed by atoms with E-state index in [0.717, 1.165) is 28.6 Å². The molecule has 4 rings (SSSR count). The van der Waals surface area contributed by atoms with Crippen LogP contribution in [0.15, 0.2) is 65.7 Å². The van der Waals surface area contributed by atoms with Gasteiger partial charge in [-0.1, -0.05) is 0 Å². The van der Waals surface area contributed by atoms with Gasteiger partial charge in [-0.3, -0.25) is 9.78 Å². The van der Waals surface area contributed by atoms with Crippen molar-refractivity contribution in [3.05, 3.63) is 76.8 Å². The lowest BCUT2D eigenvalue weighted by Gasteiger charge is -2.22. The molecule has 0 spiro atoms. The molecule has 6 heteroatoms. The average Bonchev–Trinajstić information content (AvgIpc) is 3.40. The lowest BCUT2D eigenvalue weighted by atomic mass is 10.1. The molecule has 1 aliphatic rings. The fourth-order valence-corrected chi connectivity index (χ4v) is 3.09. The lowest BCUT2D eigenvalue weighted by Crippen LogP contribution is -2.32. The number of hydrogen-bond donors (Lipinski definition) is 0. The summed E-state index contributed by atoms with van der Waals surface area (Å²) in [5.74, 6) is 0.0764. The predicted octanol–water partition coefficient (Wildman–Crippen LogP) is 3.83. The largest absolute Gasteiger partial charge is 0.331 e. The molecular weight excluding hydrogens is 380 g/mol. The predicted molar refractivity (Wildman–Crippen MR) is 98.4 cm³/mol. The Bertz CT molecular complexity index is 872. The molecule has 0 unspecified atom stereocenters. The van der Waals surface area contributed by atoms with E-state index >= 15 is 0 Å². The molecule has 0 bridgehead atoms. The van der Waals surface area contributed by atoms with Gasteiger partial charge in [0.1, 0.15) is 0 Å². The van der Waals surface area contributed by atoms with Crippen molar-refractivity contribution in [1.29, 1.82) is 0 Å². The number of hydrogen-bond acceptors (Lipinski definition) is 3. The molecule has 1 saturated carbocycles. The number of carbonyl (C=O) groups is 1. The minimum Gasteiger partial charge on any atom is -0.331 e. The normalized spacial score (nSPS) is 13.6. The Morgan fingerprint density at radius 1 is 1.16 bits per heavy atom. The molecule has 0 atom stereocenters. The third-order valence-corrected chi connectivity index (χ3v) is 4.69. The van der Waals surface area contributed by atoms with Gasteiger partial charge in [-0.05, 0) is 70.7 Å². The van der Waals surface area contributed by atoms with Gasteiger partial charge in [0, 0.05) is 36.7 Å². The van der Waals surface area contributed by atoms with Crippen LogP contribution < -0.4 is 0 Å². The summed E-state index contributed by atoms with van der Waals surface area (Å²) in [6, 6.07) is 11.9. The van der Waals surface area contributed by atoms with Gasteiger partial charge in [0.25, 0.3) is 5.91 Å². The van der Waals surface area contributed by atoms with Crippen LogP contribution in [0, 0.1) is 0 Å². The molecule has 5 nitrogen and oxygen atoms in total. The summed E-state index contributed by atoms with van der Waals surface area (Å²) in [6.45, 7) is 0.625. The van der Waals surface area contributed by atoms with Gasteiger partial charge in [0.2, 0.25) is 0 Å². The number of halogens is 1. The SMILES string of the molecule is O=C(c1ccc(-n2cc(Br)cn2)cc1)N(Cc1ccncc1)C1CC1. The average molecular weight is 397 g/mol. The lowest BCUT2D eigenvalue weighted by molar-refractivity contribution is 0.0730. The van der Waals surface area contributed by atoms with Gasteiger partial charge >= 0.3 is 0 Å². The van der Waals surface area contributed by atoms with Crippen LogP contribution in [0.1, 0.15) is 28.8 Å². The van der Waals surface area contributed by atoms with Crippen LogP contribution in [0.5, 0.6) is 0 Å². The fourth-order valence-electron chi connectivity index (χ4n) is 2.80. The Morgan fingerprint density at radius 3 is 2.48 bits per heavy atom. The topological polar surface area (TPSA) is 51.0 Å². The molecule has 0 aliphatic heterocycles. The Hall–Kier alpha value is -2.47. The van der Waals surface area contributed by atoms with Crippen molar-refractivity contribution in [1.82, 2.24) is 19.7 Å². The molecule has 0 radical (unpaired) electrons. The number of amides is 1. The Kier molecular flexibility index (Phi) is 4.36. The van der Waals surface area contributed by atoms with Crippen LogP contribution in [-0.2, 0) is 6.54 Å². The zero-order valence-electron chi connectivity index (χ0n) is 13.5. The standard InChI is InChI=1S/C19H17BrN4O/c20-16-11-22-24(13-16)18-3-1-15(2-4-18)19(25)23(17-5-6-17)12-14-7-9-21-10-8-14/h1-4,7-11,13,17H,5-6,12H2. The maximum atomic E-state index is 13.0. The van der Waals surface area contributed by atoms with Gasteiger partial charge in [-0.15, -0.1) is 0 Å². The molecule has 3 aromatic rings. The third-order valence-electron chi connectivity index (χ3n) is 4.28. The third kappa shape index (κ3) is 3.64. The van der Waals surface area contributed by atoms with Gasteiger partial charge in [0.15, 0.2) is 0 Å². The molecule has 1 aliphatic carbocycles. The van der Waals surface area contributed by atoms with E-state index in [-0.39, 0.29) is 5.91 Å². The van der Waals surface area contributed by atoms with Crippen molar-refractivity contribution in [3.8, 4) is 5.69 Å². The van der Waals surface area contributed by atoms with Gasteiger partial charge < -0.3 is 4.90 Å². The smallest absolute Gasteiger partial charge is 0.254 e. The van der Waals surface area contributed by atoms with Gasteiger partial charge in [0.05, 0.1) is 16.4 Å². The van der Waals surface area contributed by atoms with Crippen LogP contribution in [-0.4, -0.2) is 31.6 Å². The Labute approximate surface area is 154 Å². The number of aromatic nitrogens is 3. The van der Waals surface area contributed by atoms with E-state index in [1.54, 1.807) is 23.3 Å². The van der Waals surface area contributed by atoms with Crippen molar-refractivity contribution in [3.63, 3.8) is 0 Å². The van der Waals surface area contributed by atoms with Gasteiger partial charge in [-0.2, -0.15) is 5.10 Å². The van der Waals surface area contributed by atoms with E-state index in [1.807, 2.05) is 47.5 Å². The van der Waals surface area contributed by atoms with E-state index in [9.17, 15) is 4.79 Å². The van der Waals surface area contributed by atoms with E-state index in [0.29, 0.717) is 18.2 Å². The first-order valence-electron chi connectivity index (χ1n) is 8.21. The van der Waals surface area contributed by atoms with Crippen LogP contribution in [0.4, 0.5) is 0 Å². The summed E-state index contributed by atoms with van der Waals surface area (Å²) in [4.78, 5) is 19.0. The van der Waals surface area contributed by atoms with Crippen LogP contribution in [0.25, 0.3) is 5.69 Å². The number of pyridine rings is 1. The van der Waals surface area contributed by atoms with E-state index in [2.05, 4.69) is 26.0 Å². The maximum absolute atomic E-state index is 13.0. The Balaban J connectivity index is 1.54. The molecule has 1 aromatic carbocycles. The summed E-state index contributed by atoms with van der Waals surface area (Å²) >= 11 is 3.39. The van der Waals surface area contributed by atoms with Crippen molar-refractivity contribution in [2.24, 2.45) is 0 Å². The van der Waals surface area contributed by atoms with Crippen LogP contribution in [0.2, 0.25) is 0 Å². The highest BCUT2D eigenvalue weighted by molar-refractivity contribution is 9.10. The molecule has 1 amide bonds. The van der Waals surface area contributed by atoms with Crippen molar-refractivity contribution < 1.29 is 4.79 Å². The Morgan fingerprint density at radius 2 is 1.88 bits per heavy atom. The van der Waals surface area contributed by atoms with E-state index in [4.69, 9.17) is 0 Å². The highest BCUT2D eigenvalue weighted by Gasteiger charge is 2.33. The van der Waals surface area contributed by atoms with Crippen molar-refractivity contribution >= 4 is 21.8 Å². The first kappa shape index (κ1) is 16.0. The summed E-state index contributed by atoms with van der Waals surface area (Å²) in [7, 11) is 0. The molecule has 2 heterocycles. The first-order chi connectivity index (χ1) is 12.2. The monoisotopic (exact) mass is 396 g/mol. The van der Waals surface area contributed by atoms with Gasteiger partial charge in [-0.25, -0.2) is 4.68 Å². The minimum atomic E-state index is 0.0764. The second-order valence-corrected chi connectivity index (χ2v) is 7.09. The number of benzene rings is 1. The highest BCUT2D eigenvalue weighted by Crippen LogP contribution is 2.30. The highest BCUT2D eigenvalue weighted by atomic mass is 79.9. The number of nitrogens with zero attached hydrogens (tertiary/aromatic N) is 4. The van der Waals surface area contributed by atoms with Crippen LogP contribution in [0.3, 0.4) is 0 Å². The van der Waals surface area contributed by atoms with Crippen molar-refractivity contribution in [2.75, 3.05) is 0 Å². The second kappa shape index (κ2) is 6.80. The fraction of sp³-hybridized carbons (Fsp3) is 0.211. The molecule has 1 fully saturated rings. The van der Waals surface area contributed by atoms with Crippen molar-refractivity contribution in [2.45, 2.75) is 25.4 Å². The summed E-state index contributed by atoms with van der Waals surface area (Å²) < 4.78 is 2.69. The van der Waals surface area contributed by atoms with Crippen LogP contribution >= 0.6 is 15.9 Å². The molecular formula is C19H17BrN4O. The molecule has 126 valence electrons. The second-order valence-electron chi connectivity index (χ2n) is 6.17. The molecule has 0 saturated heterocycles. The number of carbonyl (C=O) groups excluding carboxylic acids is 1. The molecule has 2 aromatic heterocycles.